The zero-order chi connectivity index (χ0) is 25.0. The van der Waals surface area contributed by atoms with Gasteiger partial charge in [-0.05, 0) is 55.3 Å². The van der Waals surface area contributed by atoms with Crippen LogP contribution in [0.4, 0.5) is 5.69 Å². The van der Waals surface area contributed by atoms with Gasteiger partial charge in [-0.25, -0.2) is 8.42 Å². The van der Waals surface area contributed by atoms with E-state index in [1.807, 2.05) is 68.4 Å². The van der Waals surface area contributed by atoms with Gasteiger partial charge in [0.25, 0.3) is 15.9 Å². The van der Waals surface area contributed by atoms with E-state index in [1.54, 1.807) is 18.2 Å². The fraction of sp³-hybridized carbons (Fsp3) is 0.107. The summed E-state index contributed by atoms with van der Waals surface area (Å²) in [4.78, 5) is 13.3. The van der Waals surface area contributed by atoms with Crippen LogP contribution in [0.15, 0.2) is 102 Å². The first-order valence-corrected chi connectivity index (χ1v) is 12.9. The molecule has 0 bridgehead atoms. The van der Waals surface area contributed by atoms with Crippen LogP contribution in [0, 0.1) is 13.8 Å². The molecule has 0 fully saturated rings. The molecule has 4 aromatic carbocycles. The standard InChI is InChI=1S/C28H25ClN2O3S/c1-19-8-12-22(13-9-19)27(21-6-4-3-5-7-21)30-28(32)23-14-17-26(25(29)18-23)31-35(33,34)24-15-10-20(2)11-16-24/h3-18,27,31H,1-2H3,(H,30,32)/t27-/m0/s1. The van der Waals surface area contributed by atoms with E-state index in [0.29, 0.717) is 5.56 Å². The highest BCUT2D eigenvalue weighted by Crippen LogP contribution is 2.27. The first kappa shape index (κ1) is 24.5. The lowest BCUT2D eigenvalue weighted by Gasteiger charge is -2.20. The molecule has 4 rings (SSSR count). The quantitative estimate of drug-likeness (QED) is 0.311. The van der Waals surface area contributed by atoms with Crippen LogP contribution in [-0.2, 0) is 10.0 Å². The van der Waals surface area contributed by atoms with Crippen molar-refractivity contribution in [2.75, 3.05) is 4.72 Å². The molecule has 35 heavy (non-hydrogen) atoms. The smallest absolute Gasteiger partial charge is 0.261 e. The summed E-state index contributed by atoms with van der Waals surface area (Å²) in [6.45, 7) is 3.89. The second-order valence-corrected chi connectivity index (χ2v) is 10.4. The third-order valence-electron chi connectivity index (χ3n) is 5.63. The van der Waals surface area contributed by atoms with Crippen LogP contribution in [0.25, 0.3) is 0 Å². The van der Waals surface area contributed by atoms with Crippen molar-refractivity contribution in [3.05, 3.63) is 130 Å². The van der Waals surface area contributed by atoms with Crippen molar-refractivity contribution in [3.63, 3.8) is 0 Å². The van der Waals surface area contributed by atoms with Crippen LogP contribution in [0.3, 0.4) is 0 Å². The molecule has 0 unspecified atom stereocenters. The molecule has 2 N–H and O–H groups in total. The van der Waals surface area contributed by atoms with Crippen molar-refractivity contribution in [2.45, 2.75) is 24.8 Å². The molecular formula is C28H25ClN2O3S. The maximum absolute atomic E-state index is 13.2. The van der Waals surface area contributed by atoms with E-state index in [9.17, 15) is 13.2 Å². The van der Waals surface area contributed by atoms with Gasteiger partial charge in [-0.2, -0.15) is 0 Å². The lowest BCUT2D eigenvalue weighted by Crippen LogP contribution is -2.29. The van der Waals surface area contributed by atoms with E-state index in [4.69, 9.17) is 11.6 Å². The molecule has 1 atom stereocenters. The van der Waals surface area contributed by atoms with Crippen molar-refractivity contribution < 1.29 is 13.2 Å². The van der Waals surface area contributed by atoms with Gasteiger partial charge in [0.2, 0.25) is 0 Å². The first-order valence-electron chi connectivity index (χ1n) is 11.0. The molecule has 0 radical (unpaired) electrons. The molecule has 0 saturated heterocycles. The number of carbonyl (C=O) groups excluding carboxylic acids is 1. The number of sulfonamides is 1. The van der Waals surface area contributed by atoms with Crippen LogP contribution in [0.1, 0.15) is 38.7 Å². The fourth-order valence-electron chi connectivity index (χ4n) is 3.64. The number of benzene rings is 4. The Morgan fingerprint density at radius 3 is 1.94 bits per heavy atom. The highest BCUT2D eigenvalue weighted by atomic mass is 35.5. The lowest BCUT2D eigenvalue weighted by atomic mass is 9.97. The summed E-state index contributed by atoms with van der Waals surface area (Å²) < 4.78 is 27.9. The Labute approximate surface area is 210 Å². The Hall–Kier alpha value is -3.61. The lowest BCUT2D eigenvalue weighted by molar-refractivity contribution is 0.0943. The van der Waals surface area contributed by atoms with Gasteiger partial charge in [-0.3, -0.25) is 9.52 Å². The Kier molecular flexibility index (Phi) is 7.24. The van der Waals surface area contributed by atoms with Crippen molar-refractivity contribution in [2.24, 2.45) is 0 Å². The van der Waals surface area contributed by atoms with Crippen LogP contribution >= 0.6 is 11.6 Å². The Morgan fingerprint density at radius 2 is 1.34 bits per heavy atom. The molecule has 0 heterocycles. The molecule has 7 heteroatoms. The minimum absolute atomic E-state index is 0.125. The average molecular weight is 505 g/mol. The number of hydrogen-bond donors (Lipinski definition) is 2. The number of rotatable bonds is 7. The van der Waals surface area contributed by atoms with Gasteiger partial charge in [0, 0.05) is 5.56 Å². The summed E-state index contributed by atoms with van der Waals surface area (Å²) >= 11 is 6.37. The molecule has 0 aromatic heterocycles. The maximum Gasteiger partial charge on any atom is 0.261 e. The minimum atomic E-state index is -3.82. The molecule has 0 aliphatic carbocycles. The summed E-state index contributed by atoms with van der Waals surface area (Å²) in [5.74, 6) is -0.325. The number of anilines is 1. The third kappa shape index (κ3) is 5.91. The van der Waals surface area contributed by atoms with Crippen molar-refractivity contribution in [1.29, 1.82) is 0 Å². The predicted molar refractivity (Wildman–Crippen MR) is 140 cm³/mol. The molecule has 5 nitrogen and oxygen atoms in total. The highest BCUT2D eigenvalue weighted by molar-refractivity contribution is 7.92. The van der Waals surface area contributed by atoms with E-state index in [-0.39, 0.29) is 27.6 Å². The zero-order valence-electron chi connectivity index (χ0n) is 19.3. The monoisotopic (exact) mass is 504 g/mol. The first-order chi connectivity index (χ1) is 16.7. The Morgan fingerprint density at radius 1 is 0.771 bits per heavy atom. The van der Waals surface area contributed by atoms with Gasteiger partial charge in [-0.15, -0.1) is 0 Å². The molecular weight excluding hydrogens is 480 g/mol. The number of carbonyl (C=O) groups is 1. The number of nitrogens with one attached hydrogen (secondary N) is 2. The third-order valence-corrected chi connectivity index (χ3v) is 7.32. The summed E-state index contributed by atoms with van der Waals surface area (Å²) in [5.41, 5.74) is 4.49. The van der Waals surface area contributed by atoms with E-state index in [0.717, 1.165) is 22.3 Å². The Bertz CT molecular complexity index is 1440. The Balaban J connectivity index is 1.56. The molecule has 4 aromatic rings. The summed E-state index contributed by atoms with van der Waals surface area (Å²) in [6, 6.07) is 28.3. The summed E-state index contributed by atoms with van der Waals surface area (Å²) in [7, 11) is -3.82. The largest absolute Gasteiger partial charge is 0.341 e. The van der Waals surface area contributed by atoms with Crippen LogP contribution in [0.2, 0.25) is 5.02 Å². The minimum Gasteiger partial charge on any atom is -0.341 e. The number of halogens is 1. The topological polar surface area (TPSA) is 75.3 Å². The van der Waals surface area contributed by atoms with Crippen LogP contribution in [-0.4, -0.2) is 14.3 Å². The summed E-state index contributed by atoms with van der Waals surface area (Å²) in [5, 5.41) is 3.20. The SMILES string of the molecule is Cc1ccc([C@@H](NC(=O)c2ccc(NS(=O)(=O)c3ccc(C)cc3)c(Cl)c2)c2ccccc2)cc1. The average Bonchev–Trinajstić information content (AvgIpc) is 2.85. The molecule has 0 spiro atoms. The van der Waals surface area contributed by atoms with Crippen molar-refractivity contribution in [1.82, 2.24) is 5.32 Å². The molecule has 1 amide bonds. The molecule has 178 valence electrons. The second-order valence-electron chi connectivity index (χ2n) is 8.34. The summed E-state index contributed by atoms with van der Waals surface area (Å²) in [6.07, 6.45) is 0. The highest BCUT2D eigenvalue weighted by Gasteiger charge is 2.20. The second kappa shape index (κ2) is 10.3. The van der Waals surface area contributed by atoms with Gasteiger partial charge in [-0.1, -0.05) is 89.5 Å². The fourth-order valence-corrected chi connectivity index (χ4v) is 5.00. The van der Waals surface area contributed by atoms with E-state index < -0.39 is 10.0 Å². The van der Waals surface area contributed by atoms with Crippen molar-refractivity contribution >= 4 is 33.2 Å². The van der Waals surface area contributed by atoms with Gasteiger partial charge in [0.15, 0.2) is 0 Å². The van der Waals surface area contributed by atoms with Gasteiger partial charge in [0.1, 0.15) is 0 Å². The number of amides is 1. The van der Waals surface area contributed by atoms with Gasteiger partial charge < -0.3 is 5.32 Å². The van der Waals surface area contributed by atoms with Gasteiger partial charge >= 0.3 is 0 Å². The molecule has 0 aliphatic rings. The maximum atomic E-state index is 13.2. The van der Waals surface area contributed by atoms with Gasteiger partial charge in [0.05, 0.1) is 21.6 Å². The number of hydrogen-bond acceptors (Lipinski definition) is 3. The number of aryl methyl sites for hydroxylation is 2. The molecule has 0 aliphatic heterocycles. The predicted octanol–water partition coefficient (Wildman–Crippen LogP) is 6.28. The molecule has 0 saturated carbocycles. The normalized spacial score (nSPS) is 12.1. The zero-order valence-corrected chi connectivity index (χ0v) is 20.9. The van der Waals surface area contributed by atoms with E-state index in [2.05, 4.69) is 10.0 Å². The van der Waals surface area contributed by atoms with Crippen molar-refractivity contribution in [3.8, 4) is 0 Å². The van der Waals surface area contributed by atoms with Crippen LogP contribution in [0.5, 0.6) is 0 Å². The van der Waals surface area contributed by atoms with E-state index in [1.165, 1.54) is 24.3 Å². The van der Waals surface area contributed by atoms with E-state index >= 15 is 0 Å². The van der Waals surface area contributed by atoms with Crippen LogP contribution < -0.4 is 10.0 Å².